The summed E-state index contributed by atoms with van der Waals surface area (Å²) in [7, 11) is -0.808. The zero-order valence-electron chi connectivity index (χ0n) is 15.7. The number of carbonyl (C=O) groups excluding carboxylic acids is 2. The number of anilines is 1. The number of benzene rings is 2. The van der Waals surface area contributed by atoms with E-state index in [0.717, 1.165) is 4.31 Å². The van der Waals surface area contributed by atoms with E-state index in [1.807, 2.05) is 0 Å². The summed E-state index contributed by atoms with van der Waals surface area (Å²) in [4.78, 5) is 24.0. The van der Waals surface area contributed by atoms with E-state index in [9.17, 15) is 18.0 Å². The molecule has 27 heavy (non-hydrogen) atoms. The quantitative estimate of drug-likeness (QED) is 0.785. The zero-order chi connectivity index (χ0) is 20.4. The number of hydrogen-bond acceptors (Lipinski definition) is 4. The molecule has 2 rings (SSSR count). The summed E-state index contributed by atoms with van der Waals surface area (Å²) < 4.78 is 26.2. The summed E-state index contributed by atoms with van der Waals surface area (Å²) in [6.07, 6.45) is -0.0103. The van der Waals surface area contributed by atoms with Gasteiger partial charge in [0.2, 0.25) is 15.9 Å². The van der Waals surface area contributed by atoms with Gasteiger partial charge in [0.15, 0.2) is 0 Å². The second kappa shape index (κ2) is 7.89. The standard InChI is InChI=1S/C19H23N3O4S/c1-12-9-15(10-17(13(12)2)27(25,26)22(3)4)19(24)21-16-8-6-5-7-14(16)11-18(20)23/h5-10H,11H2,1-4H3,(H2,20,23)(H,21,24). The van der Waals surface area contributed by atoms with Crippen LogP contribution < -0.4 is 11.1 Å². The summed E-state index contributed by atoms with van der Waals surface area (Å²) in [5.41, 5.74) is 7.78. The number of aryl methyl sites for hydroxylation is 1. The summed E-state index contributed by atoms with van der Waals surface area (Å²) in [6, 6.07) is 9.82. The minimum Gasteiger partial charge on any atom is -0.369 e. The van der Waals surface area contributed by atoms with Crippen LogP contribution in [0.4, 0.5) is 5.69 Å². The van der Waals surface area contributed by atoms with Crippen LogP contribution >= 0.6 is 0 Å². The molecular formula is C19H23N3O4S. The summed E-state index contributed by atoms with van der Waals surface area (Å²) in [5, 5.41) is 2.73. The molecule has 0 heterocycles. The van der Waals surface area contributed by atoms with Crippen LogP contribution in [0.15, 0.2) is 41.3 Å². The normalized spacial score (nSPS) is 11.4. The largest absolute Gasteiger partial charge is 0.369 e. The van der Waals surface area contributed by atoms with E-state index in [2.05, 4.69) is 5.32 Å². The third-order valence-electron chi connectivity index (χ3n) is 4.27. The number of rotatable bonds is 6. The maximum Gasteiger partial charge on any atom is 0.255 e. The molecule has 0 aliphatic carbocycles. The van der Waals surface area contributed by atoms with Crippen molar-refractivity contribution in [2.45, 2.75) is 25.2 Å². The molecule has 0 fully saturated rings. The minimum atomic E-state index is -3.69. The molecule has 0 saturated carbocycles. The summed E-state index contributed by atoms with van der Waals surface area (Å²) >= 11 is 0. The molecule has 3 N–H and O–H groups in total. The number of carbonyl (C=O) groups is 2. The topological polar surface area (TPSA) is 110 Å². The predicted molar refractivity (Wildman–Crippen MR) is 104 cm³/mol. The Hall–Kier alpha value is -2.71. The third-order valence-corrected chi connectivity index (χ3v) is 6.21. The lowest BCUT2D eigenvalue weighted by Crippen LogP contribution is -2.24. The monoisotopic (exact) mass is 389 g/mol. The van der Waals surface area contributed by atoms with Crippen molar-refractivity contribution in [1.29, 1.82) is 0 Å². The Kier molecular flexibility index (Phi) is 6.02. The van der Waals surface area contributed by atoms with Crippen molar-refractivity contribution in [3.8, 4) is 0 Å². The smallest absolute Gasteiger partial charge is 0.255 e. The minimum absolute atomic E-state index is 0.0103. The van der Waals surface area contributed by atoms with Gasteiger partial charge in [0.1, 0.15) is 0 Å². The van der Waals surface area contributed by atoms with Crippen LogP contribution in [0.3, 0.4) is 0 Å². The molecule has 0 unspecified atom stereocenters. The first-order chi connectivity index (χ1) is 12.5. The molecule has 0 saturated heterocycles. The van der Waals surface area contributed by atoms with Gasteiger partial charge in [0.05, 0.1) is 11.3 Å². The highest BCUT2D eigenvalue weighted by molar-refractivity contribution is 7.89. The van der Waals surface area contributed by atoms with E-state index >= 15 is 0 Å². The molecule has 2 aromatic rings. The second-order valence-electron chi connectivity index (χ2n) is 6.46. The number of sulfonamides is 1. The van der Waals surface area contributed by atoms with Gasteiger partial charge in [-0.15, -0.1) is 0 Å². The van der Waals surface area contributed by atoms with Crippen molar-refractivity contribution < 1.29 is 18.0 Å². The van der Waals surface area contributed by atoms with Crippen molar-refractivity contribution in [3.63, 3.8) is 0 Å². The molecule has 7 nitrogen and oxygen atoms in total. The first-order valence-electron chi connectivity index (χ1n) is 8.25. The van der Waals surface area contributed by atoms with Gasteiger partial charge in [-0.05, 0) is 48.7 Å². The van der Waals surface area contributed by atoms with Crippen molar-refractivity contribution in [3.05, 3.63) is 58.7 Å². The number of nitrogens with zero attached hydrogens (tertiary/aromatic N) is 1. The van der Waals surface area contributed by atoms with Crippen molar-refractivity contribution >= 4 is 27.5 Å². The van der Waals surface area contributed by atoms with Gasteiger partial charge in [0.25, 0.3) is 5.91 Å². The highest BCUT2D eigenvalue weighted by atomic mass is 32.2. The number of nitrogens with two attached hydrogens (primary N) is 1. The van der Waals surface area contributed by atoms with E-state index in [0.29, 0.717) is 22.4 Å². The number of nitrogens with one attached hydrogen (secondary N) is 1. The molecule has 8 heteroatoms. The van der Waals surface area contributed by atoms with Gasteiger partial charge in [-0.25, -0.2) is 12.7 Å². The average molecular weight is 389 g/mol. The first-order valence-corrected chi connectivity index (χ1v) is 9.69. The van der Waals surface area contributed by atoms with Crippen LogP contribution in [0.2, 0.25) is 0 Å². The Labute approximate surface area is 159 Å². The van der Waals surface area contributed by atoms with Crippen LogP contribution in [-0.4, -0.2) is 38.6 Å². The molecule has 0 bridgehead atoms. The highest BCUT2D eigenvalue weighted by Crippen LogP contribution is 2.24. The maximum absolute atomic E-state index is 12.7. The lowest BCUT2D eigenvalue weighted by atomic mass is 10.0. The highest BCUT2D eigenvalue weighted by Gasteiger charge is 2.23. The van der Waals surface area contributed by atoms with Crippen LogP contribution in [0, 0.1) is 13.8 Å². The van der Waals surface area contributed by atoms with Crippen LogP contribution in [0.1, 0.15) is 27.0 Å². The zero-order valence-corrected chi connectivity index (χ0v) is 16.6. The molecule has 0 aromatic heterocycles. The molecule has 2 aromatic carbocycles. The van der Waals surface area contributed by atoms with Gasteiger partial charge >= 0.3 is 0 Å². The SMILES string of the molecule is Cc1cc(C(=O)Nc2ccccc2CC(N)=O)cc(S(=O)(=O)N(C)C)c1C. The lowest BCUT2D eigenvalue weighted by Gasteiger charge is -2.17. The Morgan fingerprint density at radius 2 is 1.74 bits per heavy atom. The fourth-order valence-electron chi connectivity index (χ4n) is 2.60. The van der Waals surface area contributed by atoms with Gasteiger partial charge in [-0.2, -0.15) is 0 Å². The van der Waals surface area contributed by atoms with Crippen LogP contribution in [0.5, 0.6) is 0 Å². The summed E-state index contributed by atoms with van der Waals surface area (Å²) in [5.74, 6) is -0.979. The third kappa shape index (κ3) is 4.53. The van der Waals surface area contributed by atoms with Gasteiger partial charge in [0, 0.05) is 25.3 Å². The maximum atomic E-state index is 12.7. The number of primary amides is 1. The van der Waals surface area contributed by atoms with E-state index in [4.69, 9.17) is 5.73 Å². The Morgan fingerprint density at radius 3 is 2.33 bits per heavy atom. The lowest BCUT2D eigenvalue weighted by molar-refractivity contribution is -0.117. The molecule has 0 spiro atoms. The molecule has 0 radical (unpaired) electrons. The van der Waals surface area contributed by atoms with Crippen molar-refractivity contribution in [2.75, 3.05) is 19.4 Å². The molecule has 2 amide bonds. The molecular weight excluding hydrogens is 366 g/mol. The van der Waals surface area contributed by atoms with Gasteiger partial charge in [-0.1, -0.05) is 18.2 Å². The van der Waals surface area contributed by atoms with E-state index in [1.165, 1.54) is 20.2 Å². The van der Waals surface area contributed by atoms with E-state index in [1.54, 1.807) is 44.2 Å². The first kappa shape index (κ1) is 20.6. The molecule has 0 atom stereocenters. The van der Waals surface area contributed by atoms with Crippen molar-refractivity contribution in [1.82, 2.24) is 4.31 Å². The van der Waals surface area contributed by atoms with E-state index < -0.39 is 21.8 Å². The fraction of sp³-hybridized carbons (Fsp3) is 0.263. The Bertz CT molecular complexity index is 998. The fourth-order valence-corrected chi connectivity index (χ4v) is 3.82. The van der Waals surface area contributed by atoms with Crippen molar-refractivity contribution in [2.24, 2.45) is 5.73 Å². The Balaban J connectivity index is 2.44. The second-order valence-corrected chi connectivity index (χ2v) is 8.58. The number of amides is 2. The van der Waals surface area contributed by atoms with Gasteiger partial charge in [-0.3, -0.25) is 9.59 Å². The van der Waals surface area contributed by atoms with Gasteiger partial charge < -0.3 is 11.1 Å². The van der Waals surface area contributed by atoms with E-state index in [-0.39, 0.29) is 16.9 Å². The molecule has 144 valence electrons. The Morgan fingerprint density at radius 1 is 1.11 bits per heavy atom. The van der Waals surface area contributed by atoms with Crippen LogP contribution in [0.25, 0.3) is 0 Å². The number of hydrogen-bond donors (Lipinski definition) is 2. The summed E-state index contributed by atoms with van der Waals surface area (Å²) in [6.45, 7) is 3.46. The molecule has 0 aliphatic heterocycles. The average Bonchev–Trinajstić information content (AvgIpc) is 2.58. The number of para-hydroxylation sites is 1. The predicted octanol–water partition coefficient (Wildman–Crippen LogP) is 1.83. The van der Waals surface area contributed by atoms with Crippen LogP contribution in [-0.2, 0) is 21.2 Å². The molecule has 0 aliphatic rings.